The Balaban J connectivity index is 1.19. The lowest BCUT2D eigenvalue weighted by atomic mass is 10.3. The highest BCUT2D eigenvalue weighted by Crippen LogP contribution is 2.37. The van der Waals surface area contributed by atoms with E-state index in [-0.39, 0.29) is 45.6 Å². The molecule has 5 rings (SSSR count). The van der Waals surface area contributed by atoms with Gasteiger partial charge in [0.2, 0.25) is 0 Å². The molecule has 0 amide bonds. The van der Waals surface area contributed by atoms with Crippen molar-refractivity contribution in [2.45, 2.75) is 22.6 Å². The first-order valence-electron chi connectivity index (χ1n) is 8.68. The van der Waals surface area contributed by atoms with E-state index in [4.69, 9.17) is 0 Å². The van der Waals surface area contributed by atoms with Crippen molar-refractivity contribution in [3.05, 3.63) is 0 Å². The molecule has 3 fully saturated rings. The van der Waals surface area contributed by atoms with Crippen molar-refractivity contribution in [2.75, 3.05) is 49.2 Å². The highest BCUT2D eigenvalue weighted by molar-refractivity contribution is 8.15. The molecule has 5 heterocycles. The molecule has 0 aliphatic carbocycles. The molecule has 0 aromatic carbocycles. The average Bonchev–Trinajstić information content (AvgIpc) is 3.23. The standard InChI is InChI=1S/C14H20N4O4S4/c19-25(20)5-9-11(7-25)23-13(15-9)17-1-2-18(4-3-17)14-16-10-6-26(21,22)8-12(10)24-14/h9-12H,1-8H2. The minimum absolute atomic E-state index is 0.0749. The Labute approximate surface area is 161 Å². The highest BCUT2D eigenvalue weighted by Gasteiger charge is 2.45. The number of hydrogen-bond donors (Lipinski definition) is 0. The Morgan fingerprint density at radius 1 is 0.692 bits per heavy atom. The third-order valence-corrected chi connectivity index (χ3v) is 12.0. The third kappa shape index (κ3) is 3.16. The number of rotatable bonds is 0. The number of amidine groups is 2. The van der Waals surface area contributed by atoms with Gasteiger partial charge < -0.3 is 9.80 Å². The zero-order valence-electron chi connectivity index (χ0n) is 14.0. The Bertz CT molecular complexity index is 818. The smallest absolute Gasteiger partial charge is 0.160 e. The van der Waals surface area contributed by atoms with E-state index in [2.05, 4.69) is 19.8 Å². The van der Waals surface area contributed by atoms with Gasteiger partial charge in [0.15, 0.2) is 30.0 Å². The summed E-state index contributed by atoms with van der Waals surface area (Å²) in [4.78, 5) is 13.8. The summed E-state index contributed by atoms with van der Waals surface area (Å²) in [6.07, 6.45) is 0. The minimum atomic E-state index is -2.91. The Hall–Kier alpha value is -0.460. The number of fused-ring (bicyclic) bond motifs is 2. The van der Waals surface area contributed by atoms with Gasteiger partial charge in [0.1, 0.15) is 0 Å². The number of sulfone groups is 2. The molecule has 3 saturated heterocycles. The van der Waals surface area contributed by atoms with Gasteiger partial charge in [-0.1, -0.05) is 23.5 Å². The average molecular weight is 437 g/mol. The minimum Gasteiger partial charge on any atom is -0.348 e. The molecule has 0 radical (unpaired) electrons. The van der Waals surface area contributed by atoms with Crippen LogP contribution in [0.25, 0.3) is 0 Å². The van der Waals surface area contributed by atoms with Gasteiger partial charge in [-0.15, -0.1) is 0 Å². The second-order valence-electron chi connectivity index (χ2n) is 7.40. The molecule has 0 aromatic rings. The van der Waals surface area contributed by atoms with E-state index in [1.54, 1.807) is 23.5 Å². The second-order valence-corrected chi connectivity index (χ2v) is 14.1. The quantitative estimate of drug-likeness (QED) is 0.484. The molecule has 4 atom stereocenters. The first kappa shape index (κ1) is 17.6. The molecule has 5 aliphatic rings. The lowest BCUT2D eigenvalue weighted by molar-refractivity contribution is 0.265. The fourth-order valence-electron chi connectivity index (χ4n) is 4.08. The molecule has 0 aromatic heterocycles. The van der Waals surface area contributed by atoms with Crippen molar-refractivity contribution in [1.29, 1.82) is 0 Å². The molecule has 12 heteroatoms. The Kier molecular flexibility index (Phi) is 4.08. The van der Waals surface area contributed by atoms with Crippen LogP contribution in [0.4, 0.5) is 0 Å². The van der Waals surface area contributed by atoms with Gasteiger partial charge in [0, 0.05) is 36.7 Å². The number of hydrogen-bond acceptors (Lipinski definition) is 10. The van der Waals surface area contributed by atoms with Crippen LogP contribution in [0.2, 0.25) is 0 Å². The van der Waals surface area contributed by atoms with Gasteiger partial charge in [0.05, 0.1) is 35.1 Å². The summed E-state index contributed by atoms with van der Waals surface area (Å²) in [6, 6.07) is -0.150. The lowest BCUT2D eigenvalue weighted by Crippen LogP contribution is -2.49. The fourth-order valence-corrected chi connectivity index (χ4v) is 11.7. The number of piperazine rings is 1. The van der Waals surface area contributed by atoms with Crippen LogP contribution in [-0.4, -0.2) is 109 Å². The molecule has 5 aliphatic heterocycles. The monoisotopic (exact) mass is 436 g/mol. The van der Waals surface area contributed by atoms with Crippen LogP contribution in [0, 0.1) is 0 Å². The summed E-state index contributed by atoms with van der Waals surface area (Å²) in [6.45, 7) is 3.35. The maximum Gasteiger partial charge on any atom is 0.160 e. The maximum atomic E-state index is 11.7. The Morgan fingerprint density at radius 2 is 1.08 bits per heavy atom. The zero-order chi connectivity index (χ0) is 18.1. The van der Waals surface area contributed by atoms with Gasteiger partial charge in [-0.25, -0.2) is 16.8 Å². The molecule has 0 spiro atoms. The number of thioether (sulfide) groups is 2. The molecular weight excluding hydrogens is 416 g/mol. The van der Waals surface area contributed by atoms with Crippen LogP contribution in [0.15, 0.2) is 9.98 Å². The van der Waals surface area contributed by atoms with E-state index < -0.39 is 19.7 Å². The van der Waals surface area contributed by atoms with Crippen molar-refractivity contribution in [2.24, 2.45) is 9.98 Å². The molecule has 26 heavy (non-hydrogen) atoms. The van der Waals surface area contributed by atoms with Gasteiger partial charge in [-0.05, 0) is 0 Å². The van der Waals surface area contributed by atoms with E-state index in [1.807, 2.05) is 0 Å². The van der Waals surface area contributed by atoms with Gasteiger partial charge in [0.25, 0.3) is 0 Å². The summed E-state index contributed by atoms with van der Waals surface area (Å²) in [5.41, 5.74) is 0. The van der Waals surface area contributed by atoms with E-state index in [9.17, 15) is 16.8 Å². The van der Waals surface area contributed by atoms with Crippen molar-refractivity contribution < 1.29 is 16.8 Å². The lowest BCUT2D eigenvalue weighted by Gasteiger charge is -2.36. The summed E-state index contributed by atoms with van der Waals surface area (Å²) >= 11 is 3.23. The normalized spacial score (nSPS) is 40.3. The summed E-state index contributed by atoms with van der Waals surface area (Å²) in [7, 11) is -5.82. The SMILES string of the molecule is O=S1(=O)CC2N=C(N3CCN(C4=NC5CS(=O)(=O)CC5S4)CC3)SC2C1. The van der Waals surface area contributed by atoms with Crippen LogP contribution in [0.5, 0.6) is 0 Å². The molecule has 8 nitrogen and oxygen atoms in total. The third-order valence-electron chi connectivity index (χ3n) is 5.43. The number of nitrogens with zero attached hydrogens (tertiary/aromatic N) is 4. The predicted molar refractivity (Wildman–Crippen MR) is 106 cm³/mol. The summed E-state index contributed by atoms with van der Waals surface area (Å²) in [5.74, 6) is 0.864. The van der Waals surface area contributed by atoms with Crippen molar-refractivity contribution >= 4 is 53.5 Å². The van der Waals surface area contributed by atoms with E-state index in [1.165, 1.54) is 0 Å². The molecule has 144 valence electrons. The van der Waals surface area contributed by atoms with Crippen LogP contribution < -0.4 is 0 Å². The maximum absolute atomic E-state index is 11.7. The van der Waals surface area contributed by atoms with Gasteiger partial charge in [-0.2, -0.15) is 0 Å². The van der Waals surface area contributed by atoms with Crippen molar-refractivity contribution in [1.82, 2.24) is 9.80 Å². The van der Waals surface area contributed by atoms with Crippen LogP contribution in [-0.2, 0) is 19.7 Å². The summed E-state index contributed by atoms with van der Waals surface area (Å²) < 4.78 is 46.7. The van der Waals surface area contributed by atoms with E-state index >= 15 is 0 Å². The second kappa shape index (κ2) is 6.02. The molecule has 0 N–H and O–H groups in total. The topological polar surface area (TPSA) is 99.5 Å². The Morgan fingerprint density at radius 3 is 1.42 bits per heavy atom. The van der Waals surface area contributed by atoms with Gasteiger partial charge in [-0.3, -0.25) is 9.98 Å². The van der Waals surface area contributed by atoms with Crippen LogP contribution >= 0.6 is 23.5 Å². The molecular formula is C14H20N4O4S4. The first-order valence-corrected chi connectivity index (χ1v) is 14.1. The summed E-state index contributed by atoms with van der Waals surface area (Å²) in [5, 5.41) is 2.14. The number of aliphatic imine (C=N–C) groups is 2. The van der Waals surface area contributed by atoms with Crippen molar-refractivity contribution in [3.8, 4) is 0 Å². The highest BCUT2D eigenvalue weighted by atomic mass is 32.2. The molecule has 4 unspecified atom stereocenters. The fraction of sp³-hybridized carbons (Fsp3) is 0.857. The molecule has 0 bridgehead atoms. The van der Waals surface area contributed by atoms with Crippen LogP contribution in [0.1, 0.15) is 0 Å². The van der Waals surface area contributed by atoms with Crippen LogP contribution in [0.3, 0.4) is 0 Å². The molecule has 0 saturated carbocycles. The van der Waals surface area contributed by atoms with Gasteiger partial charge >= 0.3 is 0 Å². The largest absolute Gasteiger partial charge is 0.348 e. The first-order chi connectivity index (χ1) is 12.3. The zero-order valence-corrected chi connectivity index (χ0v) is 17.3. The van der Waals surface area contributed by atoms with E-state index in [0.29, 0.717) is 0 Å². The predicted octanol–water partition coefficient (Wildman–Crippen LogP) is -0.859. The van der Waals surface area contributed by atoms with E-state index in [0.717, 1.165) is 36.5 Å². The van der Waals surface area contributed by atoms with Crippen molar-refractivity contribution in [3.63, 3.8) is 0 Å².